The average Bonchev–Trinajstić information content (AvgIpc) is 3.35. The van der Waals surface area contributed by atoms with Gasteiger partial charge in [-0.05, 0) is 39.8 Å². The molecule has 0 saturated carbocycles. The lowest BCUT2D eigenvalue weighted by molar-refractivity contribution is -0.148. The van der Waals surface area contributed by atoms with Gasteiger partial charge in [0, 0.05) is 39.8 Å². The van der Waals surface area contributed by atoms with Crippen molar-refractivity contribution in [1.29, 1.82) is 0 Å². The molecule has 0 aromatic heterocycles. The van der Waals surface area contributed by atoms with Gasteiger partial charge in [0.25, 0.3) is 0 Å². The molecular weight excluding hydrogens is 516 g/mol. The van der Waals surface area contributed by atoms with Gasteiger partial charge in [-0.15, -0.1) is 0 Å². The van der Waals surface area contributed by atoms with E-state index in [2.05, 4.69) is 18.7 Å². The smallest absolute Gasteiger partial charge is 0.307 e. The highest BCUT2D eigenvalue weighted by Gasteiger charge is 2.33. The molecule has 0 spiro atoms. The van der Waals surface area contributed by atoms with Crippen LogP contribution >= 0.6 is 0 Å². The number of carbonyl (C=O) groups excluding carboxylic acids is 1. The quantitative estimate of drug-likeness (QED) is 0.0502. The van der Waals surface area contributed by atoms with Gasteiger partial charge in [-0.1, -0.05) is 104 Å². The molecule has 1 rings (SSSR count). The summed E-state index contributed by atoms with van der Waals surface area (Å²) in [5.41, 5.74) is 0. The fourth-order valence-electron chi connectivity index (χ4n) is 5.64. The van der Waals surface area contributed by atoms with Crippen molar-refractivity contribution in [2.24, 2.45) is 0 Å². The minimum atomic E-state index is -0.105. The lowest BCUT2D eigenvalue weighted by atomic mass is 10.0. The fourth-order valence-corrected chi connectivity index (χ4v) is 5.64. The molecule has 1 fully saturated rings. The molecule has 1 heterocycles. The highest BCUT2D eigenvalue weighted by atomic mass is 16.7. The Labute approximate surface area is 254 Å². The highest BCUT2D eigenvalue weighted by molar-refractivity contribution is 5.69. The van der Waals surface area contributed by atoms with Crippen molar-refractivity contribution in [2.45, 2.75) is 161 Å². The van der Waals surface area contributed by atoms with Gasteiger partial charge in [-0.25, -0.2) is 0 Å². The van der Waals surface area contributed by atoms with Crippen molar-refractivity contribution in [1.82, 2.24) is 9.80 Å². The van der Waals surface area contributed by atoms with Crippen LogP contribution in [0.5, 0.6) is 0 Å². The van der Waals surface area contributed by atoms with Crippen molar-refractivity contribution in [3.63, 3.8) is 0 Å². The predicted octanol–water partition coefficient (Wildman–Crippen LogP) is 7.95. The Morgan fingerprint density at radius 2 is 1.41 bits per heavy atom. The summed E-state index contributed by atoms with van der Waals surface area (Å²) in [6.07, 6.45) is 24.5. The maximum Gasteiger partial charge on any atom is 0.307 e. The molecule has 0 N–H and O–H groups in total. The van der Waals surface area contributed by atoms with Crippen molar-refractivity contribution < 1.29 is 23.7 Å². The van der Waals surface area contributed by atoms with E-state index in [4.69, 9.17) is 18.9 Å². The number of hydrogen-bond acceptors (Lipinski definition) is 7. The zero-order valence-electron chi connectivity index (χ0n) is 27.8. The Hall–Kier alpha value is -0.730. The number of likely N-dealkylation sites (tertiary alicyclic amines) is 1. The number of ether oxygens (including phenoxy) is 4. The maximum absolute atomic E-state index is 12.1. The molecule has 7 nitrogen and oxygen atoms in total. The molecule has 0 aromatic rings. The Morgan fingerprint density at radius 3 is 2.05 bits per heavy atom. The van der Waals surface area contributed by atoms with E-state index in [1.807, 2.05) is 19.0 Å². The molecule has 1 aliphatic rings. The molecule has 1 aliphatic heterocycles. The first-order valence-corrected chi connectivity index (χ1v) is 17.3. The summed E-state index contributed by atoms with van der Waals surface area (Å²) in [6, 6.07) is 0. The standard InChI is InChI=1S/C34H68N2O5/c1-6-8-10-12-15-19-23-31(22-18-11-9-7-2)40-30-39-27-21-17-14-13-16-20-25-36-29-32(28-33(36)38-5)41-34(37)24-26-35(3)4/h31-33H,6-30H2,1-5H3/t31?,32-,33+/m0/s1. The van der Waals surface area contributed by atoms with Crippen LogP contribution in [0, 0.1) is 0 Å². The van der Waals surface area contributed by atoms with E-state index in [-0.39, 0.29) is 18.3 Å². The second-order valence-electron chi connectivity index (χ2n) is 12.4. The summed E-state index contributed by atoms with van der Waals surface area (Å²) in [6.45, 7) is 8.32. The van der Waals surface area contributed by atoms with Gasteiger partial charge in [0.15, 0.2) is 0 Å². The minimum absolute atomic E-state index is 0.0505. The second-order valence-corrected chi connectivity index (χ2v) is 12.4. The van der Waals surface area contributed by atoms with Crippen molar-refractivity contribution in [3.8, 4) is 0 Å². The van der Waals surface area contributed by atoms with E-state index < -0.39 is 0 Å². The molecule has 244 valence electrons. The largest absolute Gasteiger partial charge is 0.461 e. The van der Waals surface area contributed by atoms with Gasteiger partial charge in [0.05, 0.1) is 12.5 Å². The molecule has 0 radical (unpaired) electrons. The Kier molecular flexibility index (Phi) is 25.1. The Balaban J connectivity index is 2.06. The minimum Gasteiger partial charge on any atom is -0.461 e. The third kappa shape index (κ3) is 21.6. The molecule has 0 amide bonds. The van der Waals surface area contributed by atoms with E-state index in [1.54, 1.807) is 7.11 Å². The monoisotopic (exact) mass is 585 g/mol. The molecule has 1 unspecified atom stereocenters. The number of methoxy groups -OCH3 is 1. The first kappa shape index (κ1) is 38.3. The van der Waals surface area contributed by atoms with Crippen LogP contribution in [0.1, 0.15) is 142 Å². The number of rotatable bonds is 29. The SMILES string of the molecule is CCCCCCCCC(CCCCCC)OCOCCCCCCCCN1C[C@@H](OC(=O)CCN(C)C)C[C@H]1OC. The molecule has 0 aromatic carbocycles. The first-order chi connectivity index (χ1) is 20.0. The lowest BCUT2D eigenvalue weighted by Crippen LogP contribution is -2.32. The number of esters is 1. The lowest BCUT2D eigenvalue weighted by Gasteiger charge is -2.22. The molecule has 41 heavy (non-hydrogen) atoms. The van der Waals surface area contributed by atoms with Gasteiger partial charge in [-0.3, -0.25) is 9.69 Å². The van der Waals surface area contributed by atoms with Crippen LogP contribution in [0.4, 0.5) is 0 Å². The van der Waals surface area contributed by atoms with Crippen LogP contribution < -0.4 is 0 Å². The van der Waals surface area contributed by atoms with Crippen LogP contribution in [0.2, 0.25) is 0 Å². The second kappa shape index (κ2) is 26.9. The number of hydrogen-bond donors (Lipinski definition) is 0. The molecular formula is C34H68N2O5. The molecule has 0 bridgehead atoms. The van der Waals surface area contributed by atoms with E-state index >= 15 is 0 Å². The Morgan fingerprint density at radius 1 is 0.829 bits per heavy atom. The average molecular weight is 585 g/mol. The fraction of sp³-hybridized carbons (Fsp3) is 0.971. The summed E-state index contributed by atoms with van der Waals surface area (Å²) >= 11 is 0. The predicted molar refractivity (Wildman–Crippen MR) is 170 cm³/mol. The molecule has 0 aliphatic carbocycles. The van der Waals surface area contributed by atoms with Crippen LogP contribution in [-0.2, 0) is 23.7 Å². The number of nitrogens with zero attached hydrogens (tertiary/aromatic N) is 2. The first-order valence-electron chi connectivity index (χ1n) is 17.3. The van der Waals surface area contributed by atoms with E-state index in [0.29, 0.717) is 19.3 Å². The zero-order chi connectivity index (χ0) is 30.0. The summed E-state index contributed by atoms with van der Waals surface area (Å²) in [4.78, 5) is 16.4. The van der Waals surface area contributed by atoms with E-state index in [9.17, 15) is 4.79 Å². The van der Waals surface area contributed by atoms with E-state index in [1.165, 1.54) is 103 Å². The number of carbonyl (C=O) groups is 1. The van der Waals surface area contributed by atoms with Crippen molar-refractivity contribution in [2.75, 3.05) is 54.2 Å². The Bertz CT molecular complexity index is 591. The summed E-state index contributed by atoms with van der Waals surface area (Å²) in [7, 11) is 5.70. The summed E-state index contributed by atoms with van der Waals surface area (Å²) in [5.74, 6) is -0.105. The summed E-state index contributed by atoms with van der Waals surface area (Å²) in [5, 5.41) is 0. The van der Waals surface area contributed by atoms with Gasteiger partial charge in [0.1, 0.15) is 19.1 Å². The van der Waals surface area contributed by atoms with Gasteiger partial charge >= 0.3 is 5.97 Å². The van der Waals surface area contributed by atoms with Crippen LogP contribution in [0.3, 0.4) is 0 Å². The van der Waals surface area contributed by atoms with Crippen LogP contribution in [0.25, 0.3) is 0 Å². The van der Waals surface area contributed by atoms with Gasteiger partial charge in [-0.2, -0.15) is 0 Å². The summed E-state index contributed by atoms with van der Waals surface area (Å²) < 4.78 is 23.4. The molecule has 1 saturated heterocycles. The maximum atomic E-state index is 12.1. The van der Waals surface area contributed by atoms with Crippen molar-refractivity contribution in [3.05, 3.63) is 0 Å². The molecule has 7 heteroatoms. The van der Waals surface area contributed by atoms with Crippen LogP contribution in [0.15, 0.2) is 0 Å². The molecule has 3 atom stereocenters. The zero-order valence-corrected chi connectivity index (χ0v) is 27.8. The topological polar surface area (TPSA) is 60.5 Å². The van der Waals surface area contributed by atoms with Crippen LogP contribution in [-0.4, -0.2) is 88.4 Å². The normalized spacial score (nSPS) is 18.4. The van der Waals surface area contributed by atoms with E-state index in [0.717, 1.165) is 45.5 Å². The number of unbranched alkanes of at least 4 members (excludes halogenated alkanes) is 13. The van der Waals surface area contributed by atoms with Crippen molar-refractivity contribution >= 4 is 5.97 Å². The highest BCUT2D eigenvalue weighted by Crippen LogP contribution is 2.22. The third-order valence-corrected chi connectivity index (χ3v) is 8.27. The van der Waals surface area contributed by atoms with Gasteiger partial charge < -0.3 is 23.8 Å². The van der Waals surface area contributed by atoms with Gasteiger partial charge in [0.2, 0.25) is 0 Å². The third-order valence-electron chi connectivity index (χ3n) is 8.27.